The molecule has 0 aromatic heterocycles. The summed E-state index contributed by atoms with van der Waals surface area (Å²) in [4.78, 5) is 16.1. The van der Waals surface area contributed by atoms with Gasteiger partial charge < -0.3 is 4.74 Å². The van der Waals surface area contributed by atoms with Crippen LogP contribution in [0.4, 0.5) is 0 Å². The Kier molecular flexibility index (Phi) is 3.04. The summed E-state index contributed by atoms with van der Waals surface area (Å²) >= 11 is 0. The predicted molar refractivity (Wildman–Crippen MR) is 62.4 cm³/mol. The van der Waals surface area contributed by atoms with Crippen molar-refractivity contribution in [2.45, 2.75) is 19.9 Å². The van der Waals surface area contributed by atoms with E-state index in [1.165, 1.54) is 0 Å². The summed E-state index contributed by atoms with van der Waals surface area (Å²) < 4.78 is 5.15. The van der Waals surface area contributed by atoms with Crippen LogP contribution < -0.4 is 0 Å². The van der Waals surface area contributed by atoms with Crippen LogP contribution in [0.2, 0.25) is 0 Å². The molecule has 84 valence electrons. The van der Waals surface area contributed by atoms with Gasteiger partial charge in [0.05, 0.1) is 5.71 Å². The molecule has 0 radical (unpaired) electrons. The molecule has 1 aromatic carbocycles. The lowest BCUT2D eigenvalue weighted by molar-refractivity contribution is -0.144. The molecule has 0 bridgehead atoms. The van der Waals surface area contributed by atoms with Crippen LogP contribution in [0, 0.1) is 5.92 Å². The Labute approximate surface area is 95.2 Å². The van der Waals surface area contributed by atoms with Crippen molar-refractivity contribution in [3.63, 3.8) is 0 Å². The van der Waals surface area contributed by atoms with Gasteiger partial charge in [-0.15, -0.1) is 0 Å². The van der Waals surface area contributed by atoms with Gasteiger partial charge in [-0.3, -0.25) is 4.99 Å². The quantitative estimate of drug-likeness (QED) is 0.713. The van der Waals surface area contributed by atoms with Crippen molar-refractivity contribution in [3.05, 3.63) is 35.9 Å². The first-order valence-corrected chi connectivity index (χ1v) is 5.46. The molecule has 0 saturated carbocycles. The maximum Gasteiger partial charge on any atom is 0.335 e. The molecule has 2 rings (SSSR count). The number of hydrogen-bond donors (Lipinski definition) is 0. The predicted octanol–water partition coefficient (Wildman–Crippen LogP) is 2.38. The molecule has 3 nitrogen and oxygen atoms in total. The summed E-state index contributed by atoms with van der Waals surface area (Å²) in [6.45, 7) is 4.44. The van der Waals surface area contributed by atoms with Gasteiger partial charge >= 0.3 is 5.97 Å². The Hall–Kier alpha value is -1.64. The smallest absolute Gasteiger partial charge is 0.335 e. The number of rotatable bonds is 2. The first kappa shape index (κ1) is 10.9. The Morgan fingerprint density at radius 2 is 2.00 bits per heavy atom. The number of esters is 1. The lowest BCUT2D eigenvalue weighted by Gasteiger charge is -2.22. The van der Waals surface area contributed by atoms with E-state index >= 15 is 0 Å². The number of nitrogens with zero attached hydrogens (tertiary/aromatic N) is 1. The van der Waals surface area contributed by atoms with Gasteiger partial charge in [-0.25, -0.2) is 4.79 Å². The lowest BCUT2D eigenvalue weighted by Crippen LogP contribution is -2.28. The molecule has 1 aliphatic rings. The molecule has 1 atom stereocenters. The molecule has 0 fully saturated rings. The van der Waals surface area contributed by atoms with Crippen LogP contribution in [0.1, 0.15) is 25.5 Å². The Morgan fingerprint density at radius 3 is 2.62 bits per heavy atom. The number of aliphatic imine (C=N–C) groups is 1. The van der Waals surface area contributed by atoms with Crippen molar-refractivity contribution in [1.29, 1.82) is 0 Å². The van der Waals surface area contributed by atoms with Crippen LogP contribution in [0.3, 0.4) is 0 Å². The van der Waals surface area contributed by atoms with E-state index in [1.807, 2.05) is 30.3 Å². The van der Waals surface area contributed by atoms with Crippen LogP contribution in [0.15, 0.2) is 35.3 Å². The normalized spacial score (nSPS) is 20.6. The number of cyclic esters (lactones) is 1. The summed E-state index contributed by atoms with van der Waals surface area (Å²) in [5.74, 6) is 0.0647. The number of hydrogen-bond acceptors (Lipinski definition) is 3. The molecule has 0 unspecified atom stereocenters. The molecular weight excluding hydrogens is 202 g/mol. The molecule has 1 heterocycles. The minimum atomic E-state index is -0.479. The zero-order chi connectivity index (χ0) is 11.5. The first-order chi connectivity index (χ1) is 7.68. The Morgan fingerprint density at radius 1 is 1.31 bits per heavy atom. The van der Waals surface area contributed by atoms with E-state index in [9.17, 15) is 4.79 Å². The van der Waals surface area contributed by atoms with Gasteiger partial charge in [0.2, 0.25) is 0 Å². The number of benzene rings is 1. The molecule has 0 N–H and O–H groups in total. The second-order valence-corrected chi connectivity index (χ2v) is 4.20. The van der Waals surface area contributed by atoms with Crippen LogP contribution >= 0.6 is 0 Å². The highest BCUT2D eigenvalue weighted by Gasteiger charge is 2.27. The van der Waals surface area contributed by atoms with Crippen LogP contribution in [-0.2, 0) is 9.53 Å². The fraction of sp³-hybridized carbons (Fsp3) is 0.385. The second kappa shape index (κ2) is 4.47. The second-order valence-electron chi connectivity index (χ2n) is 4.20. The van der Waals surface area contributed by atoms with E-state index in [-0.39, 0.29) is 5.97 Å². The Balaban J connectivity index is 2.32. The molecule has 1 aromatic rings. The summed E-state index contributed by atoms with van der Waals surface area (Å²) in [6.07, 6.45) is 0. The zero-order valence-corrected chi connectivity index (χ0v) is 9.51. The van der Waals surface area contributed by atoms with Crippen molar-refractivity contribution >= 4 is 11.7 Å². The van der Waals surface area contributed by atoms with Crippen molar-refractivity contribution < 1.29 is 9.53 Å². The van der Waals surface area contributed by atoms with Gasteiger partial charge in [0, 0.05) is 0 Å². The van der Waals surface area contributed by atoms with Gasteiger partial charge in [0.1, 0.15) is 6.61 Å². The van der Waals surface area contributed by atoms with Crippen LogP contribution in [0.5, 0.6) is 0 Å². The van der Waals surface area contributed by atoms with Crippen LogP contribution in [0.25, 0.3) is 0 Å². The molecular formula is C13H15NO2. The topological polar surface area (TPSA) is 38.7 Å². The SMILES string of the molecule is CC(C)C1=N[C@H](c2ccccc2)C(=O)OC1. The van der Waals surface area contributed by atoms with Crippen molar-refractivity contribution in [2.75, 3.05) is 6.61 Å². The summed E-state index contributed by atoms with van der Waals surface area (Å²) in [5, 5.41) is 0. The summed E-state index contributed by atoms with van der Waals surface area (Å²) in [6, 6.07) is 9.05. The highest BCUT2D eigenvalue weighted by Crippen LogP contribution is 2.23. The minimum absolute atomic E-state index is 0.254. The van der Waals surface area contributed by atoms with E-state index in [0.29, 0.717) is 12.5 Å². The van der Waals surface area contributed by atoms with Crippen molar-refractivity contribution in [2.24, 2.45) is 10.9 Å². The van der Waals surface area contributed by atoms with E-state index in [4.69, 9.17) is 4.74 Å². The van der Waals surface area contributed by atoms with E-state index in [1.54, 1.807) is 0 Å². The summed E-state index contributed by atoms with van der Waals surface area (Å²) in [7, 11) is 0. The van der Waals surface area contributed by atoms with Gasteiger partial charge in [-0.05, 0) is 11.5 Å². The standard InChI is InChI=1S/C13H15NO2/c1-9(2)11-8-16-13(15)12(14-11)10-6-4-3-5-7-10/h3-7,9,12H,8H2,1-2H3/t12-/m1/s1. The van der Waals surface area contributed by atoms with Crippen molar-refractivity contribution in [1.82, 2.24) is 0 Å². The number of ether oxygens (including phenoxy) is 1. The number of carbonyl (C=O) groups excluding carboxylic acids is 1. The van der Waals surface area contributed by atoms with Crippen molar-refractivity contribution in [3.8, 4) is 0 Å². The fourth-order valence-electron chi connectivity index (χ4n) is 1.64. The summed E-state index contributed by atoms with van der Waals surface area (Å²) in [5.41, 5.74) is 1.85. The molecule has 3 heteroatoms. The van der Waals surface area contributed by atoms with Gasteiger partial charge in [0.15, 0.2) is 6.04 Å². The molecule has 1 aliphatic heterocycles. The minimum Gasteiger partial charge on any atom is -0.458 e. The monoisotopic (exact) mass is 217 g/mol. The van der Waals surface area contributed by atoms with Crippen LogP contribution in [-0.4, -0.2) is 18.3 Å². The lowest BCUT2D eigenvalue weighted by atomic mass is 10.0. The highest BCUT2D eigenvalue weighted by atomic mass is 16.5. The molecule has 16 heavy (non-hydrogen) atoms. The number of carbonyl (C=O) groups is 1. The maximum absolute atomic E-state index is 11.6. The van der Waals surface area contributed by atoms with E-state index in [2.05, 4.69) is 18.8 Å². The average molecular weight is 217 g/mol. The van der Waals surface area contributed by atoms with E-state index in [0.717, 1.165) is 11.3 Å². The first-order valence-electron chi connectivity index (χ1n) is 5.46. The third kappa shape index (κ3) is 2.13. The molecule has 0 spiro atoms. The molecule has 0 aliphatic carbocycles. The average Bonchev–Trinajstić information content (AvgIpc) is 2.30. The van der Waals surface area contributed by atoms with Gasteiger partial charge in [-0.2, -0.15) is 0 Å². The third-order valence-electron chi connectivity index (χ3n) is 2.66. The third-order valence-corrected chi connectivity index (χ3v) is 2.66. The highest BCUT2D eigenvalue weighted by molar-refractivity contribution is 5.94. The van der Waals surface area contributed by atoms with Gasteiger partial charge in [0.25, 0.3) is 0 Å². The zero-order valence-electron chi connectivity index (χ0n) is 9.51. The maximum atomic E-state index is 11.6. The Bertz CT molecular complexity index is 409. The molecule has 0 amide bonds. The van der Waals surface area contributed by atoms with E-state index < -0.39 is 6.04 Å². The molecule has 0 saturated heterocycles. The fourth-order valence-corrected chi connectivity index (χ4v) is 1.64. The van der Waals surface area contributed by atoms with Gasteiger partial charge in [-0.1, -0.05) is 44.2 Å². The largest absolute Gasteiger partial charge is 0.458 e.